The summed E-state index contributed by atoms with van der Waals surface area (Å²) in [7, 11) is 1.59. The maximum absolute atomic E-state index is 12.8. The van der Waals surface area contributed by atoms with Crippen LogP contribution in [0.5, 0.6) is 5.75 Å². The number of halogens is 2. The lowest BCUT2D eigenvalue weighted by atomic mass is 10.1. The Hall–Kier alpha value is -2.14. The molecule has 0 aliphatic rings. The first-order valence-electron chi connectivity index (χ1n) is 7.12. The minimum atomic E-state index is -0.260. The van der Waals surface area contributed by atoms with E-state index in [1.165, 1.54) is 18.2 Å². The van der Waals surface area contributed by atoms with E-state index in [4.69, 9.17) is 4.74 Å². The van der Waals surface area contributed by atoms with Gasteiger partial charge >= 0.3 is 0 Å². The molecule has 0 saturated heterocycles. The molecule has 0 aliphatic heterocycles. The summed E-state index contributed by atoms with van der Waals surface area (Å²) >= 11 is 3.39. The number of nitrogens with one attached hydrogen (secondary N) is 1. The van der Waals surface area contributed by atoms with Gasteiger partial charge in [0.05, 0.1) is 7.11 Å². The normalized spacial score (nSPS) is 10.7. The standard InChI is InChI=1S/C18H17BrFNO2/c1-23-17-8-5-15(19)12-14(17)4-9-18(22)21-11-10-13-2-6-16(20)7-3-13/h2-9,12H,10-11H2,1H3,(H,21,22)/b9-4+. The summed E-state index contributed by atoms with van der Waals surface area (Å²) in [6, 6.07) is 11.8. The minimum Gasteiger partial charge on any atom is -0.496 e. The van der Waals surface area contributed by atoms with Gasteiger partial charge in [-0.1, -0.05) is 28.1 Å². The van der Waals surface area contributed by atoms with Crippen molar-refractivity contribution in [3.63, 3.8) is 0 Å². The van der Waals surface area contributed by atoms with Crippen LogP contribution in [0, 0.1) is 5.82 Å². The minimum absolute atomic E-state index is 0.186. The second kappa shape index (κ2) is 8.48. The van der Waals surface area contributed by atoms with E-state index < -0.39 is 0 Å². The quantitative estimate of drug-likeness (QED) is 0.773. The van der Waals surface area contributed by atoms with E-state index in [0.717, 1.165) is 15.6 Å². The lowest BCUT2D eigenvalue weighted by molar-refractivity contribution is -0.116. The van der Waals surface area contributed by atoms with Crippen LogP contribution in [-0.2, 0) is 11.2 Å². The molecule has 0 atom stereocenters. The van der Waals surface area contributed by atoms with Crippen LogP contribution in [-0.4, -0.2) is 19.6 Å². The molecule has 5 heteroatoms. The molecule has 0 bridgehead atoms. The maximum atomic E-state index is 12.8. The average molecular weight is 378 g/mol. The second-order valence-corrected chi connectivity index (χ2v) is 5.80. The van der Waals surface area contributed by atoms with Crippen molar-refractivity contribution < 1.29 is 13.9 Å². The first-order chi connectivity index (χ1) is 11.1. The highest BCUT2D eigenvalue weighted by molar-refractivity contribution is 9.10. The lowest BCUT2D eigenvalue weighted by Crippen LogP contribution is -2.23. The van der Waals surface area contributed by atoms with E-state index in [0.29, 0.717) is 18.7 Å². The second-order valence-electron chi connectivity index (χ2n) is 4.89. The Kier molecular flexibility index (Phi) is 6.35. The van der Waals surface area contributed by atoms with Crippen LogP contribution < -0.4 is 10.1 Å². The fraction of sp³-hybridized carbons (Fsp3) is 0.167. The number of hydrogen-bond acceptors (Lipinski definition) is 2. The van der Waals surface area contributed by atoms with Crippen LogP contribution in [0.2, 0.25) is 0 Å². The fourth-order valence-electron chi connectivity index (χ4n) is 2.04. The van der Waals surface area contributed by atoms with Gasteiger partial charge in [0.2, 0.25) is 5.91 Å². The Morgan fingerprint density at radius 3 is 2.70 bits per heavy atom. The molecule has 1 amide bonds. The molecule has 1 N–H and O–H groups in total. The van der Waals surface area contributed by atoms with Crippen molar-refractivity contribution in [2.24, 2.45) is 0 Å². The van der Waals surface area contributed by atoms with Gasteiger partial charge in [0.15, 0.2) is 0 Å². The highest BCUT2D eigenvalue weighted by atomic mass is 79.9. The van der Waals surface area contributed by atoms with Crippen molar-refractivity contribution in [3.8, 4) is 5.75 Å². The number of carbonyl (C=O) groups is 1. The molecule has 23 heavy (non-hydrogen) atoms. The monoisotopic (exact) mass is 377 g/mol. The van der Waals surface area contributed by atoms with Gasteiger partial charge in [0.1, 0.15) is 11.6 Å². The fourth-order valence-corrected chi connectivity index (χ4v) is 2.42. The molecule has 3 nitrogen and oxygen atoms in total. The zero-order chi connectivity index (χ0) is 16.7. The predicted octanol–water partition coefficient (Wildman–Crippen LogP) is 3.97. The van der Waals surface area contributed by atoms with Gasteiger partial charge in [-0.2, -0.15) is 0 Å². The van der Waals surface area contributed by atoms with Crippen molar-refractivity contribution in [2.75, 3.05) is 13.7 Å². The summed E-state index contributed by atoms with van der Waals surface area (Å²) in [6.45, 7) is 0.491. The Labute approximate surface area is 143 Å². The van der Waals surface area contributed by atoms with Crippen molar-refractivity contribution in [1.29, 1.82) is 0 Å². The third kappa shape index (κ3) is 5.53. The zero-order valence-corrected chi connectivity index (χ0v) is 14.3. The third-order valence-electron chi connectivity index (χ3n) is 3.23. The first-order valence-corrected chi connectivity index (χ1v) is 7.91. The Bertz CT molecular complexity index is 699. The average Bonchev–Trinajstić information content (AvgIpc) is 2.55. The molecule has 2 rings (SSSR count). The maximum Gasteiger partial charge on any atom is 0.244 e. The molecule has 0 spiro atoms. The molecule has 0 unspecified atom stereocenters. The lowest BCUT2D eigenvalue weighted by Gasteiger charge is -2.05. The molecule has 0 heterocycles. The van der Waals surface area contributed by atoms with E-state index >= 15 is 0 Å². The SMILES string of the molecule is COc1ccc(Br)cc1/C=C/C(=O)NCCc1ccc(F)cc1. The molecule has 0 fully saturated rings. The van der Waals surface area contributed by atoms with Crippen LogP contribution >= 0.6 is 15.9 Å². The van der Waals surface area contributed by atoms with E-state index in [1.54, 1.807) is 25.3 Å². The Morgan fingerprint density at radius 1 is 1.26 bits per heavy atom. The van der Waals surface area contributed by atoms with Gasteiger partial charge < -0.3 is 10.1 Å². The highest BCUT2D eigenvalue weighted by Crippen LogP contribution is 2.23. The van der Waals surface area contributed by atoms with Gasteiger partial charge in [0, 0.05) is 22.7 Å². The van der Waals surface area contributed by atoms with E-state index in [-0.39, 0.29) is 11.7 Å². The van der Waals surface area contributed by atoms with Crippen LogP contribution in [0.15, 0.2) is 53.0 Å². The summed E-state index contributed by atoms with van der Waals surface area (Å²) in [5.41, 5.74) is 1.79. The first kappa shape index (κ1) is 17.2. The predicted molar refractivity (Wildman–Crippen MR) is 92.8 cm³/mol. The van der Waals surface area contributed by atoms with Crippen LogP contribution in [0.25, 0.3) is 6.08 Å². The van der Waals surface area contributed by atoms with Crippen molar-refractivity contribution in [1.82, 2.24) is 5.32 Å². The van der Waals surface area contributed by atoms with E-state index in [2.05, 4.69) is 21.2 Å². The topological polar surface area (TPSA) is 38.3 Å². The van der Waals surface area contributed by atoms with Crippen molar-refractivity contribution in [3.05, 3.63) is 70.0 Å². The van der Waals surface area contributed by atoms with Crippen molar-refractivity contribution in [2.45, 2.75) is 6.42 Å². The molecule has 120 valence electrons. The van der Waals surface area contributed by atoms with Gasteiger partial charge in [-0.25, -0.2) is 4.39 Å². The van der Waals surface area contributed by atoms with E-state index in [1.807, 2.05) is 18.2 Å². The molecule has 2 aromatic rings. The van der Waals surface area contributed by atoms with Gasteiger partial charge in [-0.05, 0) is 48.4 Å². The summed E-state index contributed by atoms with van der Waals surface area (Å²) in [5.74, 6) is 0.251. The van der Waals surface area contributed by atoms with Gasteiger partial charge in [-0.15, -0.1) is 0 Å². The summed E-state index contributed by atoms with van der Waals surface area (Å²) in [5, 5.41) is 2.80. The molecule has 0 aromatic heterocycles. The van der Waals surface area contributed by atoms with Crippen LogP contribution in [0.3, 0.4) is 0 Å². The van der Waals surface area contributed by atoms with Crippen LogP contribution in [0.1, 0.15) is 11.1 Å². The van der Waals surface area contributed by atoms with Gasteiger partial charge in [0.25, 0.3) is 0 Å². The molecule has 2 aromatic carbocycles. The van der Waals surface area contributed by atoms with Crippen molar-refractivity contribution >= 4 is 27.9 Å². The zero-order valence-electron chi connectivity index (χ0n) is 12.7. The molecular formula is C18H17BrFNO2. The number of rotatable bonds is 6. The van der Waals surface area contributed by atoms with Gasteiger partial charge in [-0.3, -0.25) is 4.79 Å². The van der Waals surface area contributed by atoms with Crippen LogP contribution in [0.4, 0.5) is 4.39 Å². The Morgan fingerprint density at radius 2 is 2.00 bits per heavy atom. The Balaban J connectivity index is 1.87. The smallest absolute Gasteiger partial charge is 0.244 e. The largest absolute Gasteiger partial charge is 0.496 e. The van der Waals surface area contributed by atoms with E-state index in [9.17, 15) is 9.18 Å². The summed E-state index contributed by atoms with van der Waals surface area (Å²) in [4.78, 5) is 11.8. The molecule has 0 aliphatic carbocycles. The molecular weight excluding hydrogens is 361 g/mol. The number of benzene rings is 2. The summed E-state index contributed by atoms with van der Waals surface area (Å²) in [6.07, 6.45) is 3.83. The number of hydrogen-bond donors (Lipinski definition) is 1. The molecule has 0 saturated carbocycles. The number of methoxy groups -OCH3 is 1. The number of amides is 1. The number of carbonyl (C=O) groups excluding carboxylic acids is 1. The third-order valence-corrected chi connectivity index (χ3v) is 3.73. The number of ether oxygens (including phenoxy) is 1. The summed E-state index contributed by atoms with van der Waals surface area (Å²) < 4.78 is 19.0. The highest BCUT2D eigenvalue weighted by Gasteiger charge is 2.02. The molecule has 0 radical (unpaired) electrons.